The van der Waals surface area contributed by atoms with Crippen molar-refractivity contribution in [2.45, 2.75) is 202 Å². The molecule has 2 aliphatic rings. The van der Waals surface area contributed by atoms with Gasteiger partial charge in [-0.15, -0.1) is 0 Å². The van der Waals surface area contributed by atoms with Gasteiger partial charge in [0.25, 0.3) is 0 Å². The summed E-state index contributed by atoms with van der Waals surface area (Å²) in [4.78, 5) is 20.8. The molecule has 4 N–H and O–H groups in total. The molecule has 0 saturated carbocycles. The Morgan fingerprint density at radius 2 is 1.00 bits per heavy atom. The van der Waals surface area contributed by atoms with Crippen LogP contribution in [0.1, 0.15) is 168 Å². The average molecular weight is 662 g/mol. The summed E-state index contributed by atoms with van der Waals surface area (Å²) < 4.78 is 0. The molecule has 0 aliphatic carbocycles. The molecule has 0 bridgehead atoms. The predicted molar refractivity (Wildman–Crippen MR) is 207 cm³/mol. The Hall–Kier alpha value is -1.71. The van der Waals surface area contributed by atoms with Gasteiger partial charge in [-0.25, -0.2) is 0 Å². The molecule has 0 amide bonds. The Morgan fingerprint density at radius 1 is 0.596 bits per heavy atom. The number of rotatable bonds is 18. The number of piperidine rings is 2. The van der Waals surface area contributed by atoms with Crippen LogP contribution in [0.15, 0.2) is 0 Å². The Bertz CT molecular complexity index is 922. The summed E-state index contributed by atoms with van der Waals surface area (Å²) in [5.41, 5.74) is 0.147. The number of nitrogens with one attached hydrogen (secondary N) is 4. The molecule has 47 heavy (non-hydrogen) atoms. The summed E-state index contributed by atoms with van der Waals surface area (Å²) >= 11 is 0. The lowest BCUT2D eigenvalue weighted by atomic mass is 9.79. The summed E-state index contributed by atoms with van der Waals surface area (Å²) in [6.07, 6.45) is 13.8. The molecule has 2 saturated heterocycles. The normalized spacial score (nSPS) is 20.1. The second-order valence-electron chi connectivity index (χ2n) is 16.7. The summed E-state index contributed by atoms with van der Waals surface area (Å²) in [6.45, 7) is 29.1. The van der Waals surface area contributed by atoms with Gasteiger partial charge in [0.2, 0.25) is 17.8 Å². The molecule has 1 aromatic rings. The number of hydrogen-bond acceptors (Lipinski definition) is 9. The molecule has 0 aromatic carbocycles. The van der Waals surface area contributed by atoms with E-state index >= 15 is 0 Å². The van der Waals surface area contributed by atoms with Gasteiger partial charge in [-0.1, -0.05) is 67.7 Å². The third-order valence-corrected chi connectivity index (χ3v) is 9.43. The maximum atomic E-state index is 5.39. The van der Waals surface area contributed by atoms with E-state index in [4.69, 9.17) is 15.0 Å². The highest BCUT2D eigenvalue weighted by Gasteiger charge is 2.42. The van der Waals surface area contributed by atoms with E-state index in [1.54, 1.807) is 0 Å². The third kappa shape index (κ3) is 14.0. The smallest absolute Gasteiger partial charge is 0.232 e. The quantitative estimate of drug-likeness (QED) is 0.0913. The van der Waals surface area contributed by atoms with Gasteiger partial charge in [0, 0.05) is 47.3 Å². The van der Waals surface area contributed by atoms with E-state index in [1.165, 1.54) is 25.7 Å². The van der Waals surface area contributed by atoms with E-state index in [1.807, 2.05) is 0 Å². The lowest BCUT2D eigenvalue weighted by Crippen LogP contribution is -2.63. The summed E-state index contributed by atoms with van der Waals surface area (Å²) in [7, 11) is 0. The van der Waals surface area contributed by atoms with E-state index in [2.05, 4.69) is 107 Å². The van der Waals surface area contributed by atoms with Crippen LogP contribution in [0, 0.1) is 0 Å². The fraction of sp³-hybridized carbons (Fsp3) is 0.921. The minimum absolute atomic E-state index is 0. The topological polar surface area (TPSA) is 93.3 Å². The Balaban J connectivity index is 0.00000552. The van der Waals surface area contributed by atoms with Crippen LogP contribution in [0.4, 0.5) is 17.8 Å². The zero-order valence-corrected chi connectivity index (χ0v) is 31.2. The highest BCUT2D eigenvalue weighted by Crippen LogP contribution is 2.36. The molecule has 0 atom stereocenters. The van der Waals surface area contributed by atoms with Gasteiger partial charge in [0.15, 0.2) is 0 Å². The lowest BCUT2D eigenvalue weighted by Gasteiger charge is -2.50. The van der Waals surface area contributed by atoms with Gasteiger partial charge in [0.1, 0.15) is 0 Å². The van der Waals surface area contributed by atoms with Gasteiger partial charge in [-0.3, -0.25) is 5.32 Å². The molecule has 1 aromatic heterocycles. The van der Waals surface area contributed by atoms with Gasteiger partial charge in [-0.2, -0.15) is 15.0 Å². The first-order chi connectivity index (χ1) is 21.1. The minimum atomic E-state index is 0. The number of anilines is 3. The zero-order chi connectivity index (χ0) is 33.3. The largest absolute Gasteiger partial charge is 0.341 e. The number of nitrogens with zero attached hydrogens (tertiary/aromatic N) is 5. The number of unbranched alkanes of at least 4 members (excludes halogenated alkanes) is 5. The molecule has 2 fully saturated rings. The summed E-state index contributed by atoms with van der Waals surface area (Å²) in [5, 5.41) is 14.9. The molecular weight excluding hydrogens is 582 g/mol. The fourth-order valence-electron chi connectivity index (χ4n) is 8.12. The van der Waals surface area contributed by atoms with Crippen molar-refractivity contribution in [1.29, 1.82) is 0 Å². The van der Waals surface area contributed by atoms with Crippen LogP contribution in [-0.4, -0.2) is 75.5 Å². The van der Waals surface area contributed by atoms with E-state index < -0.39 is 0 Å². The van der Waals surface area contributed by atoms with Crippen LogP contribution in [0.3, 0.4) is 0 Å². The van der Waals surface area contributed by atoms with Crippen LogP contribution in [0.2, 0.25) is 0 Å². The third-order valence-electron chi connectivity index (χ3n) is 9.43. The van der Waals surface area contributed by atoms with Crippen molar-refractivity contribution < 1.29 is 0 Å². The summed E-state index contributed by atoms with van der Waals surface area (Å²) in [5.74, 6) is 2.33. The van der Waals surface area contributed by atoms with E-state index in [-0.39, 0.29) is 37.0 Å². The number of hydrogen-bond donors (Lipinski definition) is 4. The molecule has 0 unspecified atom stereocenters. The first-order valence-corrected chi connectivity index (χ1v) is 18.4. The number of aromatic nitrogens is 3. The molecule has 2 aliphatic heterocycles. The Kier molecular flexibility index (Phi) is 17.4. The molecular formula is C38H79N9. The van der Waals surface area contributed by atoms with Crippen molar-refractivity contribution in [3.05, 3.63) is 0 Å². The first kappa shape index (κ1) is 43.3. The minimum Gasteiger partial charge on any atom is -0.341 e. The van der Waals surface area contributed by atoms with E-state index in [9.17, 15) is 0 Å². The monoisotopic (exact) mass is 662 g/mol. The van der Waals surface area contributed by atoms with Gasteiger partial charge in [0.05, 0.1) is 6.67 Å². The van der Waals surface area contributed by atoms with Gasteiger partial charge >= 0.3 is 0 Å². The first-order valence-electron chi connectivity index (χ1n) is 18.4. The molecule has 9 heteroatoms. The van der Waals surface area contributed by atoms with Crippen molar-refractivity contribution in [1.82, 2.24) is 30.9 Å². The molecule has 9 nitrogen and oxygen atoms in total. The maximum Gasteiger partial charge on any atom is 0.232 e. The van der Waals surface area contributed by atoms with Crippen LogP contribution in [0.25, 0.3) is 0 Å². The van der Waals surface area contributed by atoms with Crippen molar-refractivity contribution in [2.75, 3.05) is 41.4 Å². The van der Waals surface area contributed by atoms with Crippen molar-refractivity contribution >= 4 is 17.8 Å². The van der Waals surface area contributed by atoms with Crippen LogP contribution < -0.4 is 31.1 Å². The van der Waals surface area contributed by atoms with E-state index in [0.29, 0.717) is 24.7 Å². The van der Waals surface area contributed by atoms with Gasteiger partial charge in [-0.05, 0) is 107 Å². The standard InChI is InChI=1S/C36H71N9.2CH4/c1-12-15-18-19-20-37-27-38-30-39-31(44(21-16-13-2)28-23-33(4,5)42-34(6,7)24-28)41-32(40-30)45(22-17-14-3)29-25-35(8,9)43-36(10,11)26-29;;/h28-29,37,42-43H,12-27H2,1-11H3,(H,38,39,40,41);2*1H4. The van der Waals surface area contributed by atoms with E-state index in [0.717, 1.165) is 82.9 Å². The molecule has 3 rings (SSSR count). The molecule has 0 spiro atoms. The Morgan fingerprint density at radius 3 is 1.38 bits per heavy atom. The molecule has 276 valence electrons. The van der Waals surface area contributed by atoms with Crippen LogP contribution >= 0.6 is 0 Å². The zero-order valence-electron chi connectivity index (χ0n) is 31.2. The van der Waals surface area contributed by atoms with Crippen LogP contribution in [0.5, 0.6) is 0 Å². The maximum absolute atomic E-state index is 5.39. The van der Waals surface area contributed by atoms with Gasteiger partial charge < -0.3 is 25.8 Å². The van der Waals surface area contributed by atoms with Crippen molar-refractivity contribution in [2.24, 2.45) is 0 Å². The molecule has 3 heterocycles. The Labute approximate surface area is 292 Å². The lowest BCUT2D eigenvalue weighted by molar-refractivity contribution is 0.157. The highest BCUT2D eigenvalue weighted by molar-refractivity contribution is 5.47. The van der Waals surface area contributed by atoms with Crippen molar-refractivity contribution in [3.63, 3.8) is 0 Å². The predicted octanol–water partition coefficient (Wildman–Crippen LogP) is 8.51. The molecule has 0 radical (unpaired) electrons. The average Bonchev–Trinajstić information content (AvgIpc) is 2.89. The second-order valence-corrected chi connectivity index (χ2v) is 16.7. The SMILES string of the molecule is C.C.CCCCCCNCNc1nc(N(CCCC)C2CC(C)(C)NC(C)(C)C2)nc(N(CCCC)C2CC(C)(C)NC(C)(C)C2)n1. The summed E-state index contributed by atoms with van der Waals surface area (Å²) in [6, 6.07) is 0.701. The van der Waals surface area contributed by atoms with Crippen LogP contribution in [-0.2, 0) is 0 Å². The second kappa shape index (κ2) is 18.9. The fourth-order valence-corrected chi connectivity index (χ4v) is 8.12. The van der Waals surface area contributed by atoms with Crippen molar-refractivity contribution in [3.8, 4) is 0 Å². The highest BCUT2D eigenvalue weighted by atomic mass is 15.4.